The number of rotatable bonds is 1. The summed E-state index contributed by atoms with van der Waals surface area (Å²) in [5.74, 6) is 0.933. The molecule has 0 aromatic carbocycles. The minimum atomic E-state index is 0. The van der Waals surface area contributed by atoms with Gasteiger partial charge in [-0.05, 0) is 5.76 Å². The standard InChI is InChI=1S/C4H5NO2P.V/c1-3-2-4(7-8)5-6-3;/h2H,1,8H2;/q-1;. The van der Waals surface area contributed by atoms with Crippen LogP contribution in [0.15, 0.2) is 10.6 Å². The van der Waals surface area contributed by atoms with E-state index in [4.69, 9.17) is 0 Å². The van der Waals surface area contributed by atoms with Crippen LogP contribution < -0.4 is 4.52 Å². The predicted octanol–water partition coefficient (Wildman–Crippen LogP) is 1.02. The summed E-state index contributed by atoms with van der Waals surface area (Å²) in [5.41, 5.74) is 0. The maximum absolute atomic E-state index is 4.61. The number of hydrogen-bond acceptors (Lipinski definition) is 3. The van der Waals surface area contributed by atoms with Crippen molar-refractivity contribution >= 4 is 9.47 Å². The summed E-state index contributed by atoms with van der Waals surface area (Å²) >= 11 is 0. The van der Waals surface area contributed by atoms with Crippen LogP contribution in [0.4, 0.5) is 0 Å². The Morgan fingerprint density at radius 3 is 2.67 bits per heavy atom. The summed E-state index contributed by atoms with van der Waals surface area (Å²) < 4.78 is 9.16. The second-order valence-electron chi connectivity index (χ2n) is 1.25. The van der Waals surface area contributed by atoms with E-state index < -0.39 is 0 Å². The van der Waals surface area contributed by atoms with Crippen molar-refractivity contribution in [2.45, 2.75) is 0 Å². The first kappa shape index (κ1) is 8.89. The zero-order chi connectivity index (χ0) is 5.98. The minimum absolute atomic E-state index is 0. The molecule has 0 N–H and O–H groups in total. The summed E-state index contributed by atoms with van der Waals surface area (Å²) in [4.78, 5) is 0. The maximum Gasteiger partial charge on any atom is 0.174 e. The molecule has 0 spiro atoms. The van der Waals surface area contributed by atoms with Gasteiger partial charge < -0.3 is 9.05 Å². The van der Waals surface area contributed by atoms with Gasteiger partial charge in [-0.25, -0.2) is 6.92 Å². The van der Waals surface area contributed by atoms with Crippen molar-refractivity contribution in [2.24, 2.45) is 0 Å². The Hall–Kier alpha value is -0.106. The summed E-state index contributed by atoms with van der Waals surface area (Å²) in [6.07, 6.45) is 0. The number of nitrogens with zero attached hydrogens (tertiary/aromatic N) is 1. The van der Waals surface area contributed by atoms with E-state index in [0.29, 0.717) is 11.6 Å². The van der Waals surface area contributed by atoms with Crippen LogP contribution in [-0.2, 0) is 18.6 Å². The topological polar surface area (TPSA) is 35.3 Å². The summed E-state index contributed by atoms with van der Waals surface area (Å²) in [5, 5.41) is 3.45. The van der Waals surface area contributed by atoms with Gasteiger partial charge in [0, 0.05) is 18.6 Å². The summed E-state index contributed by atoms with van der Waals surface area (Å²) in [7, 11) is 2.06. The molecule has 1 aromatic rings. The van der Waals surface area contributed by atoms with Crippen molar-refractivity contribution in [3.05, 3.63) is 18.8 Å². The van der Waals surface area contributed by atoms with E-state index in [1.54, 1.807) is 6.07 Å². The molecule has 3 nitrogen and oxygen atoms in total. The van der Waals surface area contributed by atoms with E-state index in [2.05, 4.69) is 30.6 Å². The van der Waals surface area contributed by atoms with E-state index in [0.717, 1.165) is 0 Å². The van der Waals surface area contributed by atoms with Gasteiger partial charge in [0.2, 0.25) is 0 Å². The van der Waals surface area contributed by atoms with E-state index in [9.17, 15) is 0 Å². The molecule has 49 valence electrons. The zero-order valence-electron chi connectivity index (χ0n) is 4.57. The molecule has 0 aliphatic carbocycles. The first-order chi connectivity index (χ1) is 3.83. The zero-order valence-corrected chi connectivity index (χ0v) is 7.12. The summed E-state index contributed by atoms with van der Waals surface area (Å²) in [6.45, 7) is 3.47. The quantitative estimate of drug-likeness (QED) is 0.479. The SMILES string of the molecule is [CH2-]c1cc(OP)no1.[V]. The van der Waals surface area contributed by atoms with Crippen molar-refractivity contribution in [2.75, 3.05) is 0 Å². The Bertz CT molecular complexity index is 179. The van der Waals surface area contributed by atoms with Gasteiger partial charge in [-0.15, -0.1) is 6.07 Å². The molecule has 5 heteroatoms. The largest absolute Gasteiger partial charge is 0.476 e. The van der Waals surface area contributed by atoms with E-state index in [1.807, 2.05) is 0 Å². The van der Waals surface area contributed by atoms with Crippen LogP contribution in [-0.4, -0.2) is 5.16 Å². The summed E-state index contributed by atoms with van der Waals surface area (Å²) in [6, 6.07) is 1.59. The van der Waals surface area contributed by atoms with E-state index in [-0.39, 0.29) is 18.6 Å². The number of aromatic nitrogens is 1. The van der Waals surface area contributed by atoms with Gasteiger partial charge in [0.05, 0.1) is 9.47 Å². The fourth-order valence-corrected chi connectivity index (χ4v) is 0.461. The van der Waals surface area contributed by atoms with Gasteiger partial charge in [-0.3, -0.25) is 0 Å². The predicted molar refractivity (Wildman–Crippen MR) is 31.3 cm³/mol. The second-order valence-corrected chi connectivity index (χ2v) is 1.49. The maximum atomic E-state index is 4.61. The third-order valence-corrected chi connectivity index (χ3v) is 0.900. The Balaban J connectivity index is 0.000000640. The normalized spacial score (nSPS) is 8.11. The van der Waals surface area contributed by atoms with Crippen LogP contribution >= 0.6 is 9.47 Å². The van der Waals surface area contributed by atoms with Crippen LogP contribution in [0.2, 0.25) is 0 Å². The van der Waals surface area contributed by atoms with Crippen molar-refractivity contribution in [1.29, 1.82) is 0 Å². The smallest absolute Gasteiger partial charge is 0.174 e. The molecule has 0 saturated heterocycles. The van der Waals surface area contributed by atoms with Gasteiger partial charge in [-0.2, -0.15) is 0 Å². The van der Waals surface area contributed by atoms with Gasteiger partial charge in [0.1, 0.15) is 0 Å². The molecule has 0 saturated carbocycles. The van der Waals surface area contributed by atoms with Crippen LogP contribution in [0.3, 0.4) is 0 Å². The van der Waals surface area contributed by atoms with E-state index >= 15 is 0 Å². The van der Waals surface area contributed by atoms with Crippen molar-refractivity contribution in [3.8, 4) is 5.88 Å². The Kier molecular flexibility index (Phi) is 3.79. The molecule has 1 unspecified atom stereocenters. The molecule has 1 radical (unpaired) electrons. The molecule has 1 aromatic heterocycles. The fourth-order valence-electron chi connectivity index (χ4n) is 0.350. The van der Waals surface area contributed by atoms with Gasteiger partial charge in [0.15, 0.2) is 5.88 Å². The third kappa shape index (κ3) is 2.31. The molecule has 1 atom stereocenters. The second kappa shape index (κ2) is 3.83. The molecule has 1 rings (SSSR count). The monoisotopic (exact) mass is 181 g/mol. The molecule has 1 heterocycles. The Morgan fingerprint density at radius 2 is 2.44 bits per heavy atom. The van der Waals surface area contributed by atoms with Crippen molar-refractivity contribution in [3.63, 3.8) is 0 Å². The molecule has 0 aliphatic rings. The first-order valence-corrected chi connectivity index (χ1v) is 2.45. The molecular weight excluding hydrogens is 176 g/mol. The average Bonchev–Trinajstić information content (AvgIpc) is 2.14. The van der Waals surface area contributed by atoms with Gasteiger partial charge in [-0.1, -0.05) is 5.16 Å². The van der Waals surface area contributed by atoms with Crippen LogP contribution in [0.1, 0.15) is 5.76 Å². The molecular formula is C4H5NO2PV-. The third-order valence-electron chi connectivity index (χ3n) is 0.658. The van der Waals surface area contributed by atoms with Crippen molar-refractivity contribution < 1.29 is 27.6 Å². The first-order valence-electron chi connectivity index (χ1n) is 1.98. The Morgan fingerprint density at radius 1 is 1.78 bits per heavy atom. The number of hydrogen-bond donors (Lipinski definition) is 0. The van der Waals surface area contributed by atoms with Gasteiger partial charge in [0.25, 0.3) is 0 Å². The van der Waals surface area contributed by atoms with E-state index in [1.165, 1.54) is 0 Å². The van der Waals surface area contributed by atoms with Crippen LogP contribution in [0.5, 0.6) is 5.88 Å². The van der Waals surface area contributed by atoms with Gasteiger partial charge >= 0.3 is 0 Å². The van der Waals surface area contributed by atoms with Crippen LogP contribution in [0.25, 0.3) is 0 Å². The van der Waals surface area contributed by atoms with Crippen LogP contribution in [0, 0.1) is 6.92 Å². The fraction of sp³-hybridized carbons (Fsp3) is 0. The van der Waals surface area contributed by atoms with Crippen molar-refractivity contribution in [1.82, 2.24) is 5.16 Å². The minimum Gasteiger partial charge on any atom is -0.476 e. The molecule has 0 amide bonds. The molecule has 9 heavy (non-hydrogen) atoms. The molecule has 0 bridgehead atoms. The Labute approximate surface area is 67.3 Å². The molecule has 0 fully saturated rings. The average molecular weight is 181 g/mol. The molecule has 0 aliphatic heterocycles.